The van der Waals surface area contributed by atoms with Crippen LogP contribution in [0, 0.1) is 11.3 Å². The molecule has 0 saturated heterocycles. The Balaban J connectivity index is 3.19. The van der Waals surface area contributed by atoms with Crippen molar-refractivity contribution >= 4 is 30.2 Å². The zero-order chi connectivity index (χ0) is 10.7. The number of hydrogen-bond acceptors (Lipinski definition) is 3. The molecule has 0 unspecified atom stereocenters. The summed E-state index contributed by atoms with van der Waals surface area (Å²) in [5.41, 5.74) is 0.752. The van der Waals surface area contributed by atoms with E-state index in [0.717, 1.165) is 0 Å². The van der Waals surface area contributed by atoms with Gasteiger partial charge in [0, 0.05) is 9.92 Å². The number of thiol groups is 1. The normalized spacial score (nSPS) is 9.50. The van der Waals surface area contributed by atoms with Crippen LogP contribution in [0.2, 0.25) is 5.02 Å². The predicted octanol–water partition coefficient (Wildman–Crippen LogP) is 2.13. The van der Waals surface area contributed by atoms with Gasteiger partial charge in [-0.3, -0.25) is 4.79 Å². The van der Waals surface area contributed by atoms with Crippen LogP contribution in [0.25, 0.3) is 0 Å². The van der Waals surface area contributed by atoms with E-state index in [4.69, 9.17) is 22.0 Å². The summed E-state index contributed by atoms with van der Waals surface area (Å²) in [7, 11) is 0. The lowest BCUT2D eigenvalue weighted by molar-refractivity contribution is -0.136. The lowest BCUT2D eigenvalue weighted by Crippen LogP contribution is -2.01. The quantitative estimate of drug-likeness (QED) is 0.761. The zero-order valence-electron chi connectivity index (χ0n) is 6.99. The summed E-state index contributed by atoms with van der Waals surface area (Å²) < 4.78 is 0. The van der Waals surface area contributed by atoms with Gasteiger partial charge in [0.25, 0.3) is 0 Å². The Morgan fingerprint density at radius 3 is 2.79 bits per heavy atom. The van der Waals surface area contributed by atoms with Gasteiger partial charge in [-0.25, -0.2) is 0 Å². The number of hydrogen-bond donors (Lipinski definition) is 2. The van der Waals surface area contributed by atoms with E-state index >= 15 is 0 Å². The molecule has 72 valence electrons. The summed E-state index contributed by atoms with van der Waals surface area (Å²) in [5, 5.41) is 17.6. The summed E-state index contributed by atoms with van der Waals surface area (Å²) >= 11 is 9.81. The topological polar surface area (TPSA) is 61.1 Å². The summed E-state index contributed by atoms with van der Waals surface area (Å²) in [6, 6.07) is 4.83. The minimum absolute atomic E-state index is 0.193. The molecule has 14 heavy (non-hydrogen) atoms. The van der Waals surface area contributed by atoms with E-state index in [-0.39, 0.29) is 6.42 Å². The molecule has 1 N–H and O–H groups in total. The van der Waals surface area contributed by atoms with Crippen LogP contribution in [-0.4, -0.2) is 11.1 Å². The van der Waals surface area contributed by atoms with Crippen molar-refractivity contribution in [1.82, 2.24) is 0 Å². The third-order valence-corrected chi connectivity index (χ3v) is 2.35. The highest BCUT2D eigenvalue weighted by Crippen LogP contribution is 2.24. The van der Waals surface area contributed by atoms with E-state index in [1.165, 1.54) is 12.1 Å². The second-order valence-electron chi connectivity index (χ2n) is 2.64. The van der Waals surface area contributed by atoms with Crippen LogP contribution in [0.1, 0.15) is 11.1 Å². The minimum Gasteiger partial charge on any atom is -0.481 e. The van der Waals surface area contributed by atoms with Crippen molar-refractivity contribution in [3.05, 3.63) is 28.3 Å². The van der Waals surface area contributed by atoms with E-state index in [2.05, 4.69) is 12.6 Å². The van der Waals surface area contributed by atoms with Gasteiger partial charge in [-0.15, -0.1) is 12.6 Å². The number of carbonyl (C=O) groups is 1. The summed E-state index contributed by atoms with van der Waals surface area (Å²) in [6.07, 6.45) is -0.193. The fourth-order valence-electron chi connectivity index (χ4n) is 0.996. The SMILES string of the molecule is N#Cc1cc(CC(=O)O)c(Cl)cc1S. The lowest BCUT2D eigenvalue weighted by Gasteiger charge is -2.03. The first-order chi connectivity index (χ1) is 6.54. The molecular weight excluding hydrogens is 222 g/mol. The standard InChI is InChI=1S/C9H6ClNO2S/c10-7-3-8(14)6(4-11)1-5(7)2-9(12)13/h1,3,14H,2H2,(H,12,13). The third kappa shape index (κ3) is 2.41. The highest BCUT2D eigenvalue weighted by molar-refractivity contribution is 7.80. The number of aliphatic carboxylic acids is 1. The number of nitrogens with zero attached hydrogens (tertiary/aromatic N) is 1. The van der Waals surface area contributed by atoms with Crippen LogP contribution in [0.15, 0.2) is 17.0 Å². The molecule has 0 heterocycles. The van der Waals surface area contributed by atoms with E-state index in [9.17, 15) is 4.79 Å². The van der Waals surface area contributed by atoms with Crippen LogP contribution >= 0.6 is 24.2 Å². The Hall–Kier alpha value is -1.18. The number of benzene rings is 1. The molecule has 1 aromatic rings. The van der Waals surface area contributed by atoms with Gasteiger partial charge in [0.1, 0.15) is 6.07 Å². The first kappa shape index (κ1) is 10.9. The van der Waals surface area contributed by atoms with Crippen LogP contribution in [0.4, 0.5) is 0 Å². The second kappa shape index (κ2) is 4.36. The van der Waals surface area contributed by atoms with Gasteiger partial charge in [-0.1, -0.05) is 11.6 Å². The molecule has 3 nitrogen and oxygen atoms in total. The Bertz CT molecular complexity index is 426. The van der Waals surface area contributed by atoms with Gasteiger partial charge in [-0.05, 0) is 17.7 Å². The predicted molar refractivity (Wildman–Crippen MR) is 54.8 cm³/mol. The van der Waals surface area contributed by atoms with E-state index in [0.29, 0.717) is 21.0 Å². The largest absolute Gasteiger partial charge is 0.481 e. The molecule has 0 aliphatic carbocycles. The van der Waals surface area contributed by atoms with Crippen LogP contribution < -0.4 is 0 Å². The van der Waals surface area contributed by atoms with Crippen LogP contribution in [0.3, 0.4) is 0 Å². The number of carboxylic acid groups (broad SMARTS) is 1. The number of halogens is 1. The molecule has 0 atom stereocenters. The number of nitriles is 1. The highest BCUT2D eigenvalue weighted by Gasteiger charge is 2.09. The molecule has 0 aromatic heterocycles. The molecule has 0 fully saturated rings. The van der Waals surface area contributed by atoms with Crippen molar-refractivity contribution in [2.24, 2.45) is 0 Å². The monoisotopic (exact) mass is 227 g/mol. The van der Waals surface area contributed by atoms with Crippen molar-refractivity contribution in [2.45, 2.75) is 11.3 Å². The van der Waals surface area contributed by atoms with Crippen LogP contribution in [-0.2, 0) is 11.2 Å². The van der Waals surface area contributed by atoms with Crippen molar-refractivity contribution in [1.29, 1.82) is 5.26 Å². The fourth-order valence-corrected chi connectivity index (χ4v) is 1.55. The van der Waals surface area contributed by atoms with Crippen LogP contribution in [0.5, 0.6) is 0 Å². The Morgan fingerprint density at radius 1 is 1.64 bits per heavy atom. The molecule has 5 heteroatoms. The maximum Gasteiger partial charge on any atom is 0.307 e. The van der Waals surface area contributed by atoms with E-state index in [1.807, 2.05) is 6.07 Å². The zero-order valence-corrected chi connectivity index (χ0v) is 8.64. The van der Waals surface area contributed by atoms with Crippen molar-refractivity contribution in [3.63, 3.8) is 0 Å². The average Bonchev–Trinajstić information content (AvgIpc) is 2.09. The number of rotatable bonds is 2. The molecule has 0 saturated carbocycles. The molecule has 1 rings (SSSR count). The van der Waals surface area contributed by atoms with E-state index < -0.39 is 5.97 Å². The first-order valence-electron chi connectivity index (χ1n) is 3.68. The highest BCUT2D eigenvalue weighted by atomic mass is 35.5. The summed E-state index contributed by atoms with van der Waals surface area (Å²) in [6.45, 7) is 0. The molecular formula is C9H6ClNO2S. The second-order valence-corrected chi connectivity index (χ2v) is 3.53. The molecule has 0 aliphatic heterocycles. The summed E-state index contributed by atoms with van der Waals surface area (Å²) in [5.74, 6) is -0.984. The Labute approximate surface area is 91.3 Å². The van der Waals surface area contributed by atoms with E-state index in [1.54, 1.807) is 0 Å². The molecule has 0 spiro atoms. The number of carboxylic acids is 1. The first-order valence-corrected chi connectivity index (χ1v) is 4.50. The van der Waals surface area contributed by atoms with Gasteiger partial charge in [0.05, 0.1) is 12.0 Å². The lowest BCUT2D eigenvalue weighted by atomic mass is 10.1. The fraction of sp³-hybridized carbons (Fsp3) is 0.111. The van der Waals surface area contributed by atoms with Gasteiger partial charge >= 0.3 is 5.97 Å². The van der Waals surface area contributed by atoms with Gasteiger partial charge < -0.3 is 5.11 Å². The molecule has 0 amide bonds. The third-order valence-electron chi connectivity index (χ3n) is 1.63. The Morgan fingerprint density at radius 2 is 2.29 bits per heavy atom. The molecule has 1 aromatic carbocycles. The summed E-state index contributed by atoms with van der Waals surface area (Å²) in [4.78, 5) is 10.9. The van der Waals surface area contributed by atoms with Gasteiger partial charge in [0.2, 0.25) is 0 Å². The smallest absolute Gasteiger partial charge is 0.307 e. The average molecular weight is 228 g/mol. The molecule has 0 radical (unpaired) electrons. The van der Waals surface area contributed by atoms with Gasteiger partial charge in [-0.2, -0.15) is 5.26 Å². The van der Waals surface area contributed by atoms with Crippen molar-refractivity contribution < 1.29 is 9.90 Å². The van der Waals surface area contributed by atoms with Crippen molar-refractivity contribution in [3.8, 4) is 6.07 Å². The van der Waals surface area contributed by atoms with Gasteiger partial charge in [0.15, 0.2) is 0 Å². The Kier molecular flexibility index (Phi) is 3.39. The molecule has 0 aliphatic rings. The maximum absolute atomic E-state index is 10.4. The maximum atomic E-state index is 10.4. The molecule has 0 bridgehead atoms. The van der Waals surface area contributed by atoms with Crippen molar-refractivity contribution in [2.75, 3.05) is 0 Å². The minimum atomic E-state index is -0.984.